The third-order valence-electron chi connectivity index (χ3n) is 3.29. The maximum Gasteiger partial charge on any atom is 0.411 e. The Kier molecular flexibility index (Phi) is 4.03. The highest BCUT2D eigenvalue weighted by Crippen LogP contribution is 2.17. The highest BCUT2D eigenvalue weighted by Gasteiger charge is 2.18. The molecular formula is C14H15N3O5. The summed E-state index contributed by atoms with van der Waals surface area (Å²) in [6.45, 7) is 1.29. The summed E-state index contributed by atoms with van der Waals surface area (Å²) < 4.78 is 16.8. The number of rotatable bonds is 3. The van der Waals surface area contributed by atoms with Crippen molar-refractivity contribution >= 4 is 22.8 Å². The molecule has 116 valence electrons. The molecule has 0 bridgehead atoms. The van der Waals surface area contributed by atoms with Crippen LogP contribution in [0.25, 0.3) is 11.0 Å². The molecule has 1 fully saturated rings. The normalized spacial score (nSPS) is 15.1. The lowest BCUT2D eigenvalue weighted by Gasteiger charge is -2.14. The number of aromatic nitrogens is 2. The second-order valence-electron chi connectivity index (χ2n) is 4.70. The molecule has 0 radical (unpaired) electrons. The van der Waals surface area contributed by atoms with Crippen LogP contribution < -0.4 is 10.9 Å². The fourth-order valence-electron chi connectivity index (χ4n) is 2.25. The van der Waals surface area contributed by atoms with Crippen molar-refractivity contribution in [2.75, 3.05) is 25.6 Å². The highest BCUT2D eigenvalue weighted by atomic mass is 16.7. The van der Waals surface area contributed by atoms with E-state index in [0.29, 0.717) is 29.9 Å². The number of hydrogen-bond acceptors (Lipinski definition) is 6. The monoisotopic (exact) mass is 305 g/mol. The lowest BCUT2D eigenvalue weighted by atomic mass is 10.3. The first-order valence-electron chi connectivity index (χ1n) is 6.75. The molecular weight excluding hydrogens is 290 g/mol. The molecule has 0 aromatic carbocycles. The summed E-state index contributed by atoms with van der Waals surface area (Å²) in [5, 5.41) is 2.52. The predicted molar refractivity (Wildman–Crippen MR) is 77.7 cm³/mol. The van der Waals surface area contributed by atoms with Crippen molar-refractivity contribution in [3.05, 3.63) is 34.7 Å². The van der Waals surface area contributed by atoms with Crippen LogP contribution >= 0.6 is 0 Å². The Bertz CT molecular complexity index is 752. The van der Waals surface area contributed by atoms with Gasteiger partial charge < -0.3 is 18.8 Å². The summed E-state index contributed by atoms with van der Waals surface area (Å²) in [6, 6.07) is 4.74. The minimum atomic E-state index is -0.603. The third-order valence-corrected chi connectivity index (χ3v) is 3.29. The Balaban J connectivity index is 2.00. The van der Waals surface area contributed by atoms with Crippen LogP contribution in [-0.4, -0.2) is 42.3 Å². The van der Waals surface area contributed by atoms with Gasteiger partial charge in [-0.1, -0.05) is 0 Å². The number of fused-ring (bicyclic) bond motifs is 1. The molecule has 3 rings (SSSR count). The Labute approximate surface area is 125 Å². The lowest BCUT2D eigenvalue weighted by Crippen LogP contribution is -2.27. The van der Waals surface area contributed by atoms with Crippen LogP contribution in [-0.2, 0) is 20.8 Å². The van der Waals surface area contributed by atoms with Crippen LogP contribution in [0.3, 0.4) is 0 Å². The summed E-state index contributed by atoms with van der Waals surface area (Å²) in [6.07, 6.45) is 0.436. The smallest absolute Gasteiger partial charge is 0.411 e. The number of ether oxygens (including phenoxy) is 3. The number of amides is 1. The van der Waals surface area contributed by atoms with Gasteiger partial charge in [0.15, 0.2) is 6.29 Å². The number of pyridine rings is 2. The van der Waals surface area contributed by atoms with E-state index in [2.05, 4.69) is 15.0 Å². The number of nitrogens with zero attached hydrogens (tertiary/aromatic N) is 2. The van der Waals surface area contributed by atoms with E-state index in [4.69, 9.17) is 9.47 Å². The molecule has 0 unspecified atom stereocenters. The van der Waals surface area contributed by atoms with Crippen LogP contribution in [0.5, 0.6) is 0 Å². The largest absolute Gasteiger partial charge is 0.453 e. The van der Waals surface area contributed by atoms with E-state index in [1.54, 1.807) is 12.1 Å². The van der Waals surface area contributed by atoms with Gasteiger partial charge in [0.05, 0.1) is 49.8 Å². The van der Waals surface area contributed by atoms with Crippen LogP contribution in [0.2, 0.25) is 0 Å². The van der Waals surface area contributed by atoms with Crippen molar-refractivity contribution in [1.82, 2.24) is 9.55 Å². The number of hydrogen-bond donors (Lipinski definition) is 1. The van der Waals surface area contributed by atoms with Crippen molar-refractivity contribution in [2.45, 2.75) is 12.8 Å². The zero-order valence-electron chi connectivity index (χ0n) is 11.9. The van der Waals surface area contributed by atoms with E-state index in [9.17, 15) is 9.59 Å². The molecule has 0 aliphatic carbocycles. The van der Waals surface area contributed by atoms with Gasteiger partial charge in [0.25, 0.3) is 5.56 Å². The summed E-state index contributed by atoms with van der Waals surface area (Å²) in [4.78, 5) is 27.6. The van der Waals surface area contributed by atoms with Gasteiger partial charge in [-0.2, -0.15) is 0 Å². The van der Waals surface area contributed by atoms with E-state index in [0.717, 1.165) is 0 Å². The number of methoxy groups -OCH3 is 1. The highest BCUT2D eigenvalue weighted by molar-refractivity contribution is 5.87. The summed E-state index contributed by atoms with van der Waals surface area (Å²) in [5.74, 6) is 0. The summed E-state index contributed by atoms with van der Waals surface area (Å²) in [5.41, 5.74) is 1.46. The van der Waals surface area contributed by atoms with Crippen LogP contribution in [0.4, 0.5) is 10.5 Å². The van der Waals surface area contributed by atoms with Crippen molar-refractivity contribution in [3.8, 4) is 0 Å². The van der Waals surface area contributed by atoms with Crippen LogP contribution in [0.1, 0.15) is 0 Å². The van der Waals surface area contributed by atoms with E-state index in [-0.39, 0.29) is 12.1 Å². The van der Waals surface area contributed by atoms with Crippen LogP contribution in [0, 0.1) is 0 Å². The van der Waals surface area contributed by atoms with Crippen LogP contribution in [0.15, 0.2) is 29.2 Å². The van der Waals surface area contributed by atoms with Gasteiger partial charge in [0, 0.05) is 6.07 Å². The maximum absolute atomic E-state index is 12.1. The fraction of sp³-hybridized carbons (Fsp3) is 0.357. The Morgan fingerprint density at radius 2 is 2.23 bits per heavy atom. The molecule has 8 nitrogen and oxygen atoms in total. The van der Waals surface area contributed by atoms with Gasteiger partial charge in [-0.05, 0) is 12.1 Å². The molecule has 1 aliphatic heterocycles. The number of carbonyl (C=O) groups excluding carboxylic acids is 1. The third kappa shape index (κ3) is 2.92. The van der Waals surface area contributed by atoms with Gasteiger partial charge in [-0.3, -0.25) is 15.1 Å². The first-order valence-corrected chi connectivity index (χ1v) is 6.75. The molecule has 2 aromatic heterocycles. The molecule has 1 saturated heterocycles. The van der Waals surface area contributed by atoms with Crippen molar-refractivity contribution in [1.29, 1.82) is 0 Å². The van der Waals surface area contributed by atoms with E-state index < -0.39 is 12.4 Å². The zero-order valence-corrected chi connectivity index (χ0v) is 11.9. The molecule has 2 aromatic rings. The molecule has 8 heteroatoms. The molecule has 0 atom stereocenters. The van der Waals surface area contributed by atoms with Crippen molar-refractivity contribution in [3.63, 3.8) is 0 Å². The number of nitrogens with one attached hydrogen (secondary N) is 1. The maximum atomic E-state index is 12.1. The van der Waals surface area contributed by atoms with Gasteiger partial charge in [0.1, 0.15) is 0 Å². The topological polar surface area (TPSA) is 91.7 Å². The van der Waals surface area contributed by atoms with Gasteiger partial charge in [0.2, 0.25) is 0 Å². The Hall–Kier alpha value is -2.45. The Morgan fingerprint density at radius 3 is 2.95 bits per heavy atom. The fourth-order valence-corrected chi connectivity index (χ4v) is 2.25. The average Bonchev–Trinajstić information content (AvgIpc) is 3.03. The number of anilines is 1. The van der Waals surface area contributed by atoms with Crippen molar-refractivity contribution in [2.24, 2.45) is 0 Å². The minimum Gasteiger partial charge on any atom is -0.453 e. The predicted octanol–water partition coefficient (Wildman–Crippen LogP) is 0.948. The van der Waals surface area contributed by atoms with E-state index >= 15 is 0 Å². The Morgan fingerprint density at radius 1 is 1.45 bits per heavy atom. The van der Waals surface area contributed by atoms with Crippen molar-refractivity contribution < 1.29 is 19.0 Å². The zero-order chi connectivity index (χ0) is 15.5. The second kappa shape index (κ2) is 6.12. The standard InChI is InChI=1S/C14H15N3O5/c1-20-14(19)16-9-6-11-10(15-7-9)2-3-12(18)17(11)8-13-21-4-5-22-13/h2-3,6-7,13H,4-5,8H2,1H3,(H,16,19). The average molecular weight is 305 g/mol. The molecule has 3 heterocycles. The first kappa shape index (κ1) is 14.5. The summed E-state index contributed by atoms with van der Waals surface area (Å²) >= 11 is 0. The molecule has 1 aliphatic rings. The molecule has 0 spiro atoms. The minimum absolute atomic E-state index is 0.191. The molecule has 0 saturated carbocycles. The quantitative estimate of drug-likeness (QED) is 0.907. The van der Waals surface area contributed by atoms with E-state index in [1.165, 1.54) is 23.9 Å². The van der Waals surface area contributed by atoms with Gasteiger partial charge in [-0.15, -0.1) is 0 Å². The molecule has 1 N–H and O–H groups in total. The summed E-state index contributed by atoms with van der Waals surface area (Å²) in [7, 11) is 1.27. The molecule has 1 amide bonds. The number of carbonyl (C=O) groups is 1. The van der Waals surface area contributed by atoms with E-state index in [1.807, 2.05) is 0 Å². The SMILES string of the molecule is COC(=O)Nc1cnc2ccc(=O)n(CC3OCCO3)c2c1. The van der Waals surface area contributed by atoms with Gasteiger partial charge in [-0.25, -0.2) is 4.79 Å². The molecule has 22 heavy (non-hydrogen) atoms. The second-order valence-corrected chi connectivity index (χ2v) is 4.70. The lowest BCUT2D eigenvalue weighted by molar-refractivity contribution is -0.0522. The first-order chi connectivity index (χ1) is 10.7. The van der Waals surface area contributed by atoms with Gasteiger partial charge >= 0.3 is 6.09 Å².